The van der Waals surface area contributed by atoms with Crippen LogP contribution in [0.4, 0.5) is 5.82 Å². The minimum atomic E-state index is 0.285. The molecule has 2 rings (SSSR count). The molecule has 1 N–H and O–H groups in total. The first-order valence-electron chi connectivity index (χ1n) is 6.56. The number of rotatable bonds is 4. The number of hydrogen-bond acceptors (Lipinski definition) is 4. The van der Waals surface area contributed by atoms with Crippen LogP contribution in [0.25, 0.3) is 11.5 Å². The summed E-state index contributed by atoms with van der Waals surface area (Å²) in [5.41, 5.74) is 1.69. The topological polar surface area (TPSA) is 50.7 Å². The van der Waals surface area contributed by atoms with Gasteiger partial charge in [0.2, 0.25) is 0 Å². The second-order valence-corrected chi connectivity index (χ2v) is 7.33. The van der Waals surface area contributed by atoms with Gasteiger partial charge < -0.3 is 5.32 Å². The molecule has 0 atom stereocenters. The Morgan fingerprint density at radius 1 is 1.19 bits per heavy atom. The molecule has 0 amide bonds. The van der Waals surface area contributed by atoms with Crippen LogP contribution in [0.5, 0.6) is 0 Å². The fourth-order valence-corrected chi connectivity index (χ4v) is 3.76. The molecule has 21 heavy (non-hydrogen) atoms. The van der Waals surface area contributed by atoms with E-state index in [1.54, 1.807) is 6.20 Å². The molecule has 0 saturated carbocycles. The molecule has 2 aromatic heterocycles. The Balaban J connectivity index is 2.62. The number of halogens is 3. The average Bonchev–Trinajstić information content (AvgIpc) is 2.41. The maximum atomic E-state index is 4.67. The average molecular weight is 479 g/mol. The number of hydrogen-bond donors (Lipinski definition) is 1. The lowest BCUT2D eigenvalue weighted by Gasteiger charge is -2.14. The van der Waals surface area contributed by atoms with Crippen LogP contribution in [0.1, 0.15) is 32.4 Å². The standard InChI is InChI=1S/C14H15Br3N4/c1-4-18-13-10(17)11(7(2)3)20-14(21-13)12-9(16)5-8(15)6-19-12/h5-7H,4H2,1-3H3,(H,18,20,21). The Bertz CT molecular complexity index is 659. The van der Waals surface area contributed by atoms with Gasteiger partial charge in [0.15, 0.2) is 5.82 Å². The van der Waals surface area contributed by atoms with Crippen molar-refractivity contribution in [3.63, 3.8) is 0 Å². The van der Waals surface area contributed by atoms with Crippen molar-refractivity contribution in [2.24, 2.45) is 0 Å². The van der Waals surface area contributed by atoms with Crippen molar-refractivity contribution < 1.29 is 0 Å². The minimum Gasteiger partial charge on any atom is -0.369 e. The number of aromatic nitrogens is 3. The Hall–Kier alpha value is -0.530. The summed E-state index contributed by atoms with van der Waals surface area (Å²) in [5, 5.41) is 3.26. The van der Waals surface area contributed by atoms with Gasteiger partial charge in [0.05, 0.1) is 10.2 Å². The van der Waals surface area contributed by atoms with Crippen LogP contribution >= 0.6 is 47.8 Å². The van der Waals surface area contributed by atoms with E-state index in [1.807, 2.05) is 13.0 Å². The molecule has 7 heteroatoms. The van der Waals surface area contributed by atoms with Crippen molar-refractivity contribution in [1.82, 2.24) is 15.0 Å². The molecule has 4 nitrogen and oxygen atoms in total. The predicted octanol–water partition coefficient (Wildman–Crippen LogP) is 5.38. The van der Waals surface area contributed by atoms with Gasteiger partial charge in [0.1, 0.15) is 11.5 Å². The molecule has 0 fully saturated rings. The van der Waals surface area contributed by atoms with E-state index in [0.29, 0.717) is 5.82 Å². The van der Waals surface area contributed by atoms with Gasteiger partial charge in [0, 0.05) is 21.7 Å². The number of anilines is 1. The van der Waals surface area contributed by atoms with E-state index in [2.05, 4.69) is 81.9 Å². The summed E-state index contributed by atoms with van der Waals surface area (Å²) in [6, 6.07) is 1.94. The Kier molecular flexibility index (Phi) is 5.73. The lowest BCUT2D eigenvalue weighted by molar-refractivity contribution is 0.808. The Morgan fingerprint density at radius 3 is 2.48 bits per heavy atom. The largest absolute Gasteiger partial charge is 0.369 e. The highest BCUT2D eigenvalue weighted by Gasteiger charge is 2.17. The third kappa shape index (κ3) is 3.81. The monoisotopic (exact) mass is 476 g/mol. The van der Waals surface area contributed by atoms with Gasteiger partial charge in [-0.05, 0) is 66.7 Å². The molecule has 2 aromatic rings. The molecule has 0 aromatic carbocycles. The molecule has 0 unspecified atom stereocenters. The highest BCUT2D eigenvalue weighted by Crippen LogP contribution is 2.33. The second-order valence-electron chi connectivity index (χ2n) is 4.76. The fourth-order valence-electron chi connectivity index (χ4n) is 1.82. The summed E-state index contributed by atoms with van der Waals surface area (Å²) in [5.74, 6) is 1.69. The van der Waals surface area contributed by atoms with Gasteiger partial charge in [-0.25, -0.2) is 9.97 Å². The van der Waals surface area contributed by atoms with Crippen LogP contribution < -0.4 is 5.32 Å². The van der Waals surface area contributed by atoms with E-state index in [0.717, 1.165) is 37.2 Å². The lowest BCUT2D eigenvalue weighted by Crippen LogP contribution is -2.07. The molecule has 0 saturated heterocycles. The summed E-state index contributed by atoms with van der Waals surface area (Å²) < 4.78 is 2.68. The van der Waals surface area contributed by atoms with Crippen LogP contribution in [0, 0.1) is 0 Å². The van der Waals surface area contributed by atoms with Crippen molar-refractivity contribution in [1.29, 1.82) is 0 Å². The van der Waals surface area contributed by atoms with E-state index in [4.69, 9.17) is 0 Å². The molecule has 0 aliphatic heterocycles. The molecule has 0 radical (unpaired) electrons. The van der Waals surface area contributed by atoms with Gasteiger partial charge in [-0.15, -0.1) is 0 Å². The highest BCUT2D eigenvalue weighted by atomic mass is 79.9. The van der Waals surface area contributed by atoms with E-state index in [-0.39, 0.29) is 5.92 Å². The normalized spacial score (nSPS) is 11.0. The van der Waals surface area contributed by atoms with Gasteiger partial charge in [-0.3, -0.25) is 4.98 Å². The lowest BCUT2D eigenvalue weighted by atomic mass is 10.1. The van der Waals surface area contributed by atoms with E-state index in [1.165, 1.54) is 0 Å². The fraction of sp³-hybridized carbons (Fsp3) is 0.357. The van der Waals surface area contributed by atoms with Gasteiger partial charge in [-0.1, -0.05) is 13.8 Å². The van der Waals surface area contributed by atoms with Crippen LogP contribution in [0.15, 0.2) is 25.7 Å². The molecule has 0 aliphatic carbocycles. The highest BCUT2D eigenvalue weighted by molar-refractivity contribution is 9.11. The third-order valence-corrected chi connectivity index (χ3v) is 4.61. The second kappa shape index (κ2) is 7.15. The van der Waals surface area contributed by atoms with Crippen molar-refractivity contribution in [2.45, 2.75) is 26.7 Å². The Labute approximate surface area is 149 Å². The third-order valence-electron chi connectivity index (χ3n) is 2.79. The summed E-state index contributed by atoms with van der Waals surface area (Å²) in [7, 11) is 0. The predicted molar refractivity (Wildman–Crippen MR) is 96.6 cm³/mol. The van der Waals surface area contributed by atoms with E-state index < -0.39 is 0 Å². The smallest absolute Gasteiger partial charge is 0.181 e. The molecule has 0 bridgehead atoms. The van der Waals surface area contributed by atoms with Gasteiger partial charge in [0.25, 0.3) is 0 Å². The minimum absolute atomic E-state index is 0.285. The quantitative estimate of drug-likeness (QED) is 0.640. The maximum Gasteiger partial charge on any atom is 0.181 e. The van der Waals surface area contributed by atoms with Gasteiger partial charge >= 0.3 is 0 Å². The van der Waals surface area contributed by atoms with Gasteiger partial charge in [-0.2, -0.15) is 0 Å². The molecule has 112 valence electrons. The molecule has 0 spiro atoms. The van der Waals surface area contributed by atoms with Crippen LogP contribution in [-0.4, -0.2) is 21.5 Å². The molecule has 2 heterocycles. The molecule has 0 aliphatic rings. The van der Waals surface area contributed by atoms with E-state index >= 15 is 0 Å². The summed E-state index contributed by atoms with van der Waals surface area (Å²) in [6.45, 7) is 7.05. The SMILES string of the molecule is CCNc1nc(-c2ncc(Br)cc2Br)nc(C(C)C)c1Br. The zero-order valence-electron chi connectivity index (χ0n) is 11.9. The molecular weight excluding hydrogens is 464 g/mol. The van der Waals surface area contributed by atoms with Crippen molar-refractivity contribution in [2.75, 3.05) is 11.9 Å². The van der Waals surface area contributed by atoms with Crippen molar-refractivity contribution in [3.8, 4) is 11.5 Å². The summed E-state index contributed by atoms with van der Waals surface area (Å²) >= 11 is 10.5. The maximum absolute atomic E-state index is 4.67. The number of pyridine rings is 1. The first-order valence-corrected chi connectivity index (χ1v) is 8.94. The number of nitrogens with one attached hydrogen (secondary N) is 1. The zero-order chi connectivity index (χ0) is 15.6. The zero-order valence-corrected chi connectivity index (χ0v) is 16.7. The Morgan fingerprint density at radius 2 is 1.90 bits per heavy atom. The van der Waals surface area contributed by atoms with Crippen molar-refractivity contribution >= 4 is 53.6 Å². The number of nitrogens with zero attached hydrogens (tertiary/aromatic N) is 3. The summed E-state index contributed by atoms with van der Waals surface area (Å²) in [6.07, 6.45) is 1.74. The van der Waals surface area contributed by atoms with E-state index in [9.17, 15) is 0 Å². The van der Waals surface area contributed by atoms with Crippen LogP contribution in [0.2, 0.25) is 0 Å². The van der Waals surface area contributed by atoms with Crippen LogP contribution in [0.3, 0.4) is 0 Å². The van der Waals surface area contributed by atoms with Crippen molar-refractivity contribution in [3.05, 3.63) is 31.4 Å². The van der Waals surface area contributed by atoms with Crippen LogP contribution in [-0.2, 0) is 0 Å². The first-order chi connectivity index (χ1) is 9.93. The first kappa shape index (κ1) is 16.8. The molecular formula is C14H15Br3N4. The summed E-state index contributed by atoms with van der Waals surface area (Å²) in [4.78, 5) is 13.7.